The molecule has 0 spiro atoms. The second-order valence-electron chi connectivity index (χ2n) is 7.59. The smallest absolute Gasteiger partial charge is 0.260 e. The van der Waals surface area contributed by atoms with Gasteiger partial charge in [-0.05, 0) is 50.8 Å². The van der Waals surface area contributed by atoms with Crippen LogP contribution in [0.25, 0.3) is 0 Å². The standard InChI is InChI=1S/C21H29N5O3/c1-13(2)10-18(22-20(28)17-9-7-6-8-14(17)3)21(29)24-23-19(27)12-26-16(5)11-15(4)25-26/h6-9,11,13,18H,10,12H2,1-5H3,(H,22,28)(H,23,27)(H,24,29). The Bertz CT molecular complexity index is 888. The summed E-state index contributed by atoms with van der Waals surface area (Å²) in [6.07, 6.45) is 0.441. The summed E-state index contributed by atoms with van der Waals surface area (Å²) < 4.78 is 1.56. The van der Waals surface area contributed by atoms with Crippen molar-refractivity contribution in [2.75, 3.05) is 0 Å². The Hall–Kier alpha value is -3.16. The second kappa shape index (κ2) is 9.86. The molecular formula is C21H29N5O3. The summed E-state index contributed by atoms with van der Waals surface area (Å²) in [4.78, 5) is 37.3. The molecule has 3 N–H and O–H groups in total. The highest BCUT2D eigenvalue weighted by atomic mass is 16.2. The maximum atomic E-state index is 12.6. The molecular weight excluding hydrogens is 370 g/mol. The van der Waals surface area contributed by atoms with Gasteiger partial charge in [0.1, 0.15) is 12.6 Å². The molecule has 8 nitrogen and oxygen atoms in total. The van der Waals surface area contributed by atoms with Crippen LogP contribution in [0.5, 0.6) is 0 Å². The first kappa shape index (κ1) is 22.1. The molecule has 1 aromatic heterocycles. The van der Waals surface area contributed by atoms with E-state index in [4.69, 9.17) is 0 Å². The van der Waals surface area contributed by atoms with Gasteiger partial charge >= 0.3 is 0 Å². The Labute approximate surface area is 171 Å². The fourth-order valence-electron chi connectivity index (χ4n) is 3.00. The molecule has 0 aliphatic heterocycles. The predicted molar refractivity (Wildman–Crippen MR) is 110 cm³/mol. The number of benzene rings is 1. The monoisotopic (exact) mass is 399 g/mol. The SMILES string of the molecule is Cc1cc(C)n(CC(=O)NNC(=O)C(CC(C)C)NC(=O)c2ccccc2C)n1. The topological polar surface area (TPSA) is 105 Å². The van der Waals surface area contributed by atoms with Gasteiger partial charge in [-0.15, -0.1) is 0 Å². The number of amides is 3. The van der Waals surface area contributed by atoms with E-state index in [0.29, 0.717) is 12.0 Å². The van der Waals surface area contributed by atoms with Crippen LogP contribution in [0, 0.1) is 26.7 Å². The van der Waals surface area contributed by atoms with Gasteiger partial charge in [0.15, 0.2) is 0 Å². The lowest BCUT2D eigenvalue weighted by molar-refractivity contribution is -0.130. The number of nitrogens with one attached hydrogen (secondary N) is 3. The van der Waals surface area contributed by atoms with Crippen molar-refractivity contribution in [1.29, 1.82) is 0 Å². The number of hydrogen-bond acceptors (Lipinski definition) is 4. The first-order valence-corrected chi connectivity index (χ1v) is 9.63. The molecule has 1 heterocycles. The molecule has 1 unspecified atom stereocenters. The van der Waals surface area contributed by atoms with Gasteiger partial charge in [-0.3, -0.25) is 29.9 Å². The Balaban J connectivity index is 1.97. The molecule has 0 fully saturated rings. The van der Waals surface area contributed by atoms with Gasteiger partial charge in [0, 0.05) is 11.3 Å². The predicted octanol–water partition coefficient (Wildman–Crippen LogP) is 1.80. The minimum atomic E-state index is -0.768. The van der Waals surface area contributed by atoms with E-state index in [-0.39, 0.29) is 18.4 Å². The molecule has 0 aliphatic carbocycles. The fraction of sp³-hybridized carbons (Fsp3) is 0.429. The lowest BCUT2D eigenvalue weighted by Crippen LogP contribution is -2.53. The van der Waals surface area contributed by atoms with Crippen LogP contribution in [0.3, 0.4) is 0 Å². The van der Waals surface area contributed by atoms with Crippen LogP contribution in [-0.2, 0) is 16.1 Å². The number of hydrazine groups is 1. The zero-order valence-corrected chi connectivity index (χ0v) is 17.6. The summed E-state index contributed by atoms with van der Waals surface area (Å²) in [6.45, 7) is 9.45. The van der Waals surface area contributed by atoms with E-state index in [0.717, 1.165) is 17.0 Å². The van der Waals surface area contributed by atoms with Gasteiger partial charge in [0.2, 0.25) is 0 Å². The lowest BCUT2D eigenvalue weighted by atomic mass is 10.0. The fourth-order valence-corrected chi connectivity index (χ4v) is 3.00. The molecule has 29 heavy (non-hydrogen) atoms. The molecule has 2 aromatic rings. The summed E-state index contributed by atoms with van der Waals surface area (Å²) in [5, 5.41) is 6.99. The van der Waals surface area contributed by atoms with Gasteiger partial charge in [0.05, 0.1) is 5.69 Å². The number of rotatable bonds is 7. The molecule has 0 saturated carbocycles. The van der Waals surface area contributed by atoms with Crippen molar-refractivity contribution in [2.45, 2.75) is 53.6 Å². The number of aryl methyl sites for hydroxylation is 3. The Morgan fingerprint density at radius 3 is 2.34 bits per heavy atom. The Kier molecular flexibility index (Phi) is 7.52. The van der Waals surface area contributed by atoms with Crippen LogP contribution in [0.1, 0.15) is 47.6 Å². The maximum absolute atomic E-state index is 12.6. The van der Waals surface area contributed by atoms with Crippen LogP contribution in [-0.4, -0.2) is 33.5 Å². The number of carbonyl (C=O) groups is 3. The zero-order valence-electron chi connectivity index (χ0n) is 17.6. The van der Waals surface area contributed by atoms with Crippen molar-refractivity contribution in [3.8, 4) is 0 Å². The van der Waals surface area contributed by atoms with Gasteiger partial charge in [-0.25, -0.2) is 0 Å². The second-order valence-corrected chi connectivity index (χ2v) is 7.59. The molecule has 8 heteroatoms. The van der Waals surface area contributed by atoms with Gasteiger partial charge in [-0.1, -0.05) is 32.0 Å². The summed E-state index contributed by atoms with van der Waals surface area (Å²) in [6, 6.07) is 8.28. The van der Waals surface area contributed by atoms with E-state index < -0.39 is 17.9 Å². The molecule has 0 saturated heterocycles. The van der Waals surface area contributed by atoms with Crippen LogP contribution < -0.4 is 16.2 Å². The van der Waals surface area contributed by atoms with E-state index in [1.54, 1.807) is 16.8 Å². The van der Waals surface area contributed by atoms with Crippen molar-refractivity contribution in [2.24, 2.45) is 5.92 Å². The van der Waals surface area contributed by atoms with Crippen LogP contribution in [0.2, 0.25) is 0 Å². The Morgan fingerprint density at radius 1 is 1.07 bits per heavy atom. The van der Waals surface area contributed by atoms with E-state index in [9.17, 15) is 14.4 Å². The largest absolute Gasteiger partial charge is 0.340 e. The molecule has 0 bridgehead atoms. The molecule has 3 amide bonds. The average molecular weight is 399 g/mol. The van der Waals surface area contributed by atoms with Gasteiger partial charge in [-0.2, -0.15) is 5.10 Å². The van der Waals surface area contributed by atoms with Crippen molar-refractivity contribution < 1.29 is 14.4 Å². The molecule has 0 radical (unpaired) electrons. The molecule has 1 atom stereocenters. The number of nitrogens with zero attached hydrogens (tertiary/aromatic N) is 2. The van der Waals surface area contributed by atoms with Crippen LogP contribution in [0.15, 0.2) is 30.3 Å². The Morgan fingerprint density at radius 2 is 1.76 bits per heavy atom. The van der Waals surface area contributed by atoms with Crippen molar-refractivity contribution in [3.05, 3.63) is 52.8 Å². The summed E-state index contributed by atoms with van der Waals surface area (Å²) in [5.41, 5.74) is 7.82. The first-order valence-electron chi connectivity index (χ1n) is 9.63. The number of aromatic nitrogens is 2. The molecule has 0 aliphatic rings. The quantitative estimate of drug-likeness (QED) is 0.618. The lowest BCUT2D eigenvalue weighted by Gasteiger charge is -2.21. The highest BCUT2D eigenvalue weighted by Crippen LogP contribution is 2.10. The number of carbonyl (C=O) groups excluding carboxylic acids is 3. The van der Waals surface area contributed by atoms with E-state index in [1.165, 1.54) is 0 Å². The van der Waals surface area contributed by atoms with E-state index in [2.05, 4.69) is 21.3 Å². The van der Waals surface area contributed by atoms with Crippen molar-refractivity contribution in [1.82, 2.24) is 25.9 Å². The molecule has 2 rings (SSSR count). The van der Waals surface area contributed by atoms with E-state index in [1.807, 2.05) is 52.8 Å². The van der Waals surface area contributed by atoms with E-state index >= 15 is 0 Å². The highest BCUT2D eigenvalue weighted by molar-refractivity contribution is 5.98. The molecule has 156 valence electrons. The third-order valence-electron chi connectivity index (χ3n) is 4.44. The summed E-state index contributed by atoms with van der Waals surface area (Å²) >= 11 is 0. The third kappa shape index (κ3) is 6.44. The minimum absolute atomic E-state index is 0.00955. The molecule has 1 aromatic carbocycles. The first-order chi connectivity index (χ1) is 13.7. The summed E-state index contributed by atoms with van der Waals surface area (Å²) in [5.74, 6) is -1.02. The third-order valence-corrected chi connectivity index (χ3v) is 4.44. The minimum Gasteiger partial charge on any atom is -0.340 e. The normalized spacial score (nSPS) is 11.8. The zero-order chi connectivity index (χ0) is 21.6. The average Bonchev–Trinajstić information content (AvgIpc) is 2.95. The van der Waals surface area contributed by atoms with Crippen LogP contribution in [0.4, 0.5) is 0 Å². The summed E-state index contributed by atoms with van der Waals surface area (Å²) in [7, 11) is 0. The number of hydrogen-bond donors (Lipinski definition) is 3. The van der Waals surface area contributed by atoms with Crippen LogP contribution >= 0.6 is 0 Å². The van der Waals surface area contributed by atoms with Gasteiger partial charge in [0.25, 0.3) is 17.7 Å². The van der Waals surface area contributed by atoms with Gasteiger partial charge < -0.3 is 5.32 Å². The maximum Gasteiger partial charge on any atom is 0.260 e. The highest BCUT2D eigenvalue weighted by Gasteiger charge is 2.23. The van der Waals surface area contributed by atoms with Crippen molar-refractivity contribution >= 4 is 17.7 Å². The van der Waals surface area contributed by atoms with Crippen molar-refractivity contribution in [3.63, 3.8) is 0 Å².